The molecular formula is C23H27F2N3O5. The van der Waals surface area contributed by atoms with Gasteiger partial charge in [-0.15, -0.1) is 0 Å². The number of carbonyl (C=O) groups excluding carboxylic acids is 1. The smallest absolute Gasteiger partial charge is 0.407 e. The number of piperidine rings is 1. The second kappa shape index (κ2) is 10.0. The maximum absolute atomic E-state index is 15.5. The molecule has 0 saturated carbocycles. The van der Waals surface area contributed by atoms with Gasteiger partial charge in [0, 0.05) is 19.6 Å². The van der Waals surface area contributed by atoms with Crippen LogP contribution in [0, 0.1) is 27.7 Å². The molecule has 0 bridgehead atoms. The van der Waals surface area contributed by atoms with Crippen LogP contribution < -0.4 is 15.0 Å². The first kappa shape index (κ1) is 24.2. The van der Waals surface area contributed by atoms with Gasteiger partial charge >= 0.3 is 6.09 Å². The maximum atomic E-state index is 15.5. The van der Waals surface area contributed by atoms with E-state index in [2.05, 4.69) is 5.32 Å². The molecule has 1 fully saturated rings. The fourth-order valence-electron chi connectivity index (χ4n) is 3.70. The highest BCUT2D eigenvalue weighted by Crippen LogP contribution is 2.41. The number of rotatable bonds is 6. The highest BCUT2D eigenvalue weighted by atomic mass is 19.1. The Morgan fingerprint density at radius 1 is 1.27 bits per heavy atom. The van der Waals surface area contributed by atoms with E-state index in [-0.39, 0.29) is 30.4 Å². The predicted molar refractivity (Wildman–Crippen MR) is 119 cm³/mol. The average Bonchev–Trinajstić information content (AvgIpc) is 2.74. The maximum Gasteiger partial charge on any atom is 0.407 e. The molecule has 0 spiro atoms. The lowest BCUT2D eigenvalue weighted by Crippen LogP contribution is -2.42. The van der Waals surface area contributed by atoms with E-state index < -0.39 is 39.7 Å². The van der Waals surface area contributed by atoms with Gasteiger partial charge in [0.15, 0.2) is 17.3 Å². The molecule has 3 rings (SSSR count). The Balaban J connectivity index is 1.83. The van der Waals surface area contributed by atoms with Crippen molar-refractivity contribution in [3.05, 3.63) is 58.1 Å². The topological polar surface area (TPSA) is 93.9 Å². The standard InChI is InChI=1S/C23H27F2N3O5/c1-23(2,3)33-22(29)26-13-15-8-7-11-27(14-15)20-18(28(30)31)12-17(24)21(19(20)25)32-16-9-5-4-6-10-16/h4-6,9-10,12,15H,7-8,11,13-14H2,1-3H3,(H,26,29)/t15-/m0/s1. The Bertz CT molecular complexity index is 1010. The summed E-state index contributed by atoms with van der Waals surface area (Å²) in [5.41, 5.74) is -1.64. The summed E-state index contributed by atoms with van der Waals surface area (Å²) in [4.78, 5) is 24.3. The number of nitrogens with zero attached hydrogens (tertiary/aromatic N) is 2. The minimum Gasteiger partial charge on any atom is -0.451 e. The molecule has 1 saturated heterocycles. The monoisotopic (exact) mass is 463 g/mol. The lowest BCUT2D eigenvalue weighted by Gasteiger charge is -2.34. The van der Waals surface area contributed by atoms with Crippen molar-refractivity contribution in [2.75, 3.05) is 24.5 Å². The van der Waals surface area contributed by atoms with Crippen LogP contribution in [-0.2, 0) is 4.74 Å². The van der Waals surface area contributed by atoms with Crippen LogP contribution in [-0.4, -0.2) is 36.3 Å². The van der Waals surface area contributed by atoms with Crippen LogP contribution >= 0.6 is 0 Å². The third-order valence-corrected chi connectivity index (χ3v) is 5.06. The van der Waals surface area contributed by atoms with Crippen LogP contribution in [0.1, 0.15) is 33.6 Å². The molecule has 1 aliphatic rings. The first-order valence-corrected chi connectivity index (χ1v) is 10.7. The van der Waals surface area contributed by atoms with E-state index >= 15 is 4.39 Å². The number of nitro benzene ring substituents is 1. The number of ether oxygens (including phenoxy) is 2. The third kappa shape index (κ3) is 6.30. The Morgan fingerprint density at radius 2 is 1.97 bits per heavy atom. The number of anilines is 1. The van der Waals surface area contributed by atoms with Gasteiger partial charge < -0.3 is 19.7 Å². The molecule has 10 heteroatoms. The van der Waals surface area contributed by atoms with Gasteiger partial charge in [-0.1, -0.05) is 18.2 Å². The molecule has 1 heterocycles. The number of halogens is 2. The molecule has 1 aliphatic heterocycles. The zero-order valence-corrected chi connectivity index (χ0v) is 18.8. The Kier molecular flexibility index (Phi) is 7.35. The molecule has 2 aromatic carbocycles. The van der Waals surface area contributed by atoms with Crippen molar-refractivity contribution in [1.29, 1.82) is 0 Å². The van der Waals surface area contributed by atoms with Crippen molar-refractivity contribution in [2.45, 2.75) is 39.2 Å². The van der Waals surface area contributed by atoms with E-state index in [1.54, 1.807) is 39.0 Å². The SMILES string of the molecule is CC(C)(C)OC(=O)NC[C@@H]1CCCN(c2c([N+](=O)[O-])cc(F)c(Oc3ccccc3)c2F)C1. The highest BCUT2D eigenvalue weighted by molar-refractivity contribution is 5.69. The van der Waals surface area contributed by atoms with Gasteiger partial charge in [0.1, 0.15) is 11.4 Å². The van der Waals surface area contributed by atoms with Crippen molar-refractivity contribution in [3.8, 4) is 11.5 Å². The van der Waals surface area contributed by atoms with Crippen molar-refractivity contribution in [2.24, 2.45) is 5.92 Å². The van der Waals surface area contributed by atoms with Crippen molar-refractivity contribution < 1.29 is 28.0 Å². The summed E-state index contributed by atoms with van der Waals surface area (Å²) in [5.74, 6) is -2.89. The number of amides is 1. The number of hydrogen-bond donors (Lipinski definition) is 1. The van der Waals surface area contributed by atoms with Crippen molar-refractivity contribution in [1.82, 2.24) is 5.32 Å². The molecule has 1 atom stereocenters. The molecule has 0 radical (unpaired) electrons. The summed E-state index contributed by atoms with van der Waals surface area (Å²) >= 11 is 0. The summed E-state index contributed by atoms with van der Waals surface area (Å²) in [6, 6.07) is 8.74. The van der Waals surface area contributed by atoms with Crippen molar-refractivity contribution >= 4 is 17.5 Å². The van der Waals surface area contributed by atoms with Crippen LogP contribution in [0.5, 0.6) is 11.5 Å². The fraction of sp³-hybridized carbons (Fsp3) is 0.435. The van der Waals surface area contributed by atoms with Crippen molar-refractivity contribution in [3.63, 3.8) is 0 Å². The molecule has 0 aliphatic carbocycles. The largest absolute Gasteiger partial charge is 0.451 e. The molecule has 178 valence electrons. The van der Waals surface area contributed by atoms with Crippen LogP contribution in [0.25, 0.3) is 0 Å². The summed E-state index contributed by atoms with van der Waals surface area (Å²) in [5, 5.41) is 14.3. The van der Waals surface area contributed by atoms with Gasteiger partial charge in [0.2, 0.25) is 5.75 Å². The summed E-state index contributed by atoms with van der Waals surface area (Å²) in [6.45, 7) is 6.10. The summed E-state index contributed by atoms with van der Waals surface area (Å²) in [6.07, 6.45) is 0.775. The number of nitrogens with one attached hydrogen (secondary N) is 1. The van der Waals surface area contributed by atoms with E-state index in [9.17, 15) is 19.3 Å². The normalized spacial score (nSPS) is 16.3. The highest BCUT2D eigenvalue weighted by Gasteiger charge is 2.33. The molecule has 8 nitrogen and oxygen atoms in total. The molecule has 0 aromatic heterocycles. The Labute approximate surface area is 190 Å². The fourth-order valence-corrected chi connectivity index (χ4v) is 3.70. The number of benzene rings is 2. The van der Waals surface area contributed by atoms with E-state index in [4.69, 9.17) is 9.47 Å². The van der Waals surface area contributed by atoms with E-state index in [0.717, 1.165) is 6.42 Å². The number of hydrogen-bond acceptors (Lipinski definition) is 6. The number of carbonyl (C=O) groups is 1. The molecule has 2 aromatic rings. The van der Waals surface area contributed by atoms with E-state index in [0.29, 0.717) is 19.0 Å². The number of nitro groups is 1. The van der Waals surface area contributed by atoms with Gasteiger partial charge in [0.25, 0.3) is 5.69 Å². The quantitative estimate of drug-likeness (QED) is 0.455. The minimum absolute atomic E-state index is 0.103. The summed E-state index contributed by atoms with van der Waals surface area (Å²) < 4.78 is 40.6. The average molecular weight is 463 g/mol. The minimum atomic E-state index is -1.16. The van der Waals surface area contributed by atoms with Crippen LogP contribution in [0.3, 0.4) is 0 Å². The lowest BCUT2D eigenvalue weighted by molar-refractivity contribution is -0.384. The van der Waals surface area contributed by atoms with Crippen LogP contribution in [0.4, 0.5) is 25.0 Å². The molecule has 1 N–H and O–H groups in total. The zero-order valence-electron chi connectivity index (χ0n) is 18.8. The van der Waals surface area contributed by atoms with E-state index in [1.807, 2.05) is 0 Å². The van der Waals surface area contributed by atoms with Gasteiger partial charge in [-0.3, -0.25) is 10.1 Å². The van der Waals surface area contributed by atoms with Crippen LogP contribution in [0.2, 0.25) is 0 Å². The number of alkyl carbamates (subject to hydrolysis) is 1. The molecular weight excluding hydrogens is 436 g/mol. The predicted octanol–water partition coefficient (Wildman–Crippen LogP) is 5.41. The third-order valence-electron chi connectivity index (χ3n) is 5.06. The van der Waals surface area contributed by atoms with Gasteiger partial charge in [-0.25, -0.2) is 13.6 Å². The van der Waals surface area contributed by atoms with Crippen LogP contribution in [0.15, 0.2) is 36.4 Å². The lowest BCUT2D eigenvalue weighted by atomic mass is 9.97. The van der Waals surface area contributed by atoms with Gasteiger partial charge in [-0.2, -0.15) is 0 Å². The number of para-hydroxylation sites is 1. The van der Waals surface area contributed by atoms with E-state index in [1.165, 1.54) is 17.0 Å². The molecule has 1 amide bonds. The zero-order chi connectivity index (χ0) is 24.2. The van der Waals surface area contributed by atoms with Gasteiger partial charge in [-0.05, 0) is 51.7 Å². The molecule has 33 heavy (non-hydrogen) atoms. The summed E-state index contributed by atoms with van der Waals surface area (Å²) in [7, 11) is 0. The second-order valence-electron chi connectivity index (χ2n) is 8.88. The second-order valence-corrected chi connectivity index (χ2v) is 8.88. The first-order chi connectivity index (χ1) is 15.5. The Morgan fingerprint density at radius 3 is 2.61 bits per heavy atom. The van der Waals surface area contributed by atoms with Gasteiger partial charge in [0.05, 0.1) is 11.0 Å². The Hall–Kier alpha value is -3.43. The first-order valence-electron chi connectivity index (χ1n) is 10.7. The molecule has 0 unspecified atom stereocenters.